The number of imidazole rings is 1. The molecule has 0 spiro atoms. The fourth-order valence-corrected chi connectivity index (χ4v) is 3.31. The first-order valence-corrected chi connectivity index (χ1v) is 8.32. The van der Waals surface area contributed by atoms with Crippen molar-refractivity contribution >= 4 is 61.2 Å². The molecule has 7 heteroatoms. The Bertz CT molecular complexity index is 890. The lowest BCUT2D eigenvalue weighted by atomic mass is 9.99. The van der Waals surface area contributed by atoms with Crippen LogP contribution in [-0.2, 0) is 0 Å². The van der Waals surface area contributed by atoms with Crippen molar-refractivity contribution in [2.45, 2.75) is 6.04 Å². The predicted octanol–water partition coefficient (Wildman–Crippen LogP) is 3.92. The number of halogens is 3. The molecule has 1 aromatic heterocycles. The number of benzene rings is 2. The topological polar surface area (TPSA) is 74.7 Å². The Hall–Kier alpha value is -0.830. The van der Waals surface area contributed by atoms with Crippen molar-refractivity contribution in [3.63, 3.8) is 0 Å². The molecule has 4 nitrogen and oxygen atoms in total. The van der Waals surface area contributed by atoms with E-state index in [9.17, 15) is 4.79 Å². The van der Waals surface area contributed by atoms with Crippen LogP contribution in [0.2, 0.25) is 5.02 Å². The second-order valence-electron chi connectivity index (χ2n) is 4.65. The second-order valence-corrected chi connectivity index (χ2v) is 7.07. The maximum atomic E-state index is 11.4. The number of rotatable bonds is 2. The Balaban J connectivity index is 2.11. The molecule has 0 saturated heterocycles. The molecular weight excluding hydrogens is 468 g/mol. The lowest BCUT2D eigenvalue weighted by Gasteiger charge is -2.15. The zero-order valence-electron chi connectivity index (χ0n) is 10.6. The Labute approximate surface area is 147 Å². The normalized spacial score (nSPS) is 12.8. The van der Waals surface area contributed by atoms with Gasteiger partial charge in [0.2, 0.25) is 0 Å². The zero-order valence-corrected chi connectivity index (χ0v) is 15.1. The minimum absolute atomic E-state index is 0.236. The Morgan fingerprint density at radius 3 is 2.52 bits per heavy atom. The van der Waals surface area contributed by atoms with Crippen molar-refractivity contribution in [2.24, 2.45) is 5.73 Å². The third-order valence-electron chi connectivity index (χ3n) is 3.27. The summed E-state index contributed by atoms with van der Waals surface area (Å²) in [6, 6.07) is 9.13. The third kappa shape index (κ3) is 2.90. The molecule has 108 valence electrons. The molecule has 0 radical (unpaired) electrons. The lowest BCUT2D eigenvalue weighted by Crippen LogP contribution is -2.12. The summed E-state index contributed by atoms with van der Waals surface area (Å²) in [5, 5.41) is 0.677. The first kappa shape index (κ1) is 15.1. The van der Waals surface area contributed by atoms with Crippen LogP contribution in [0.4, 0.5) is 0 Å². The van der Waals surface area contributed by atoms with Gasteiger partial charge in [-0.3, -0.25) is 0 Å². The fraction of sp³-hybridized carbons (Fsp3) is 0.0714. The fourth-order valence-electron chi connectivity index (χ4n) is 2.20. The number of aromatic amines is 2. The number of fused-ring (bicyclic) bond motifs is 1. The van der Waals surface area contributed by atoms with Gasteiger partial charge in [-0.15, -0.1) is 0 Å². The van der Waals surface area contributed by atoms with E-state index in [1.165, 1.54) is 0 Å². The van der Waals surface area contributed by atoms with Gasteiger partial charge in [-0.2, -0.15) is 0 Å². The Morgan fingerprint density at radius 1 is 1.19 bits per heavy atom. The van der Waals surface area contributed by atoms with Gasteiger partial charge in [0.25, 0.3) is 0 Å². The van der Waals surface area contributed by atoms with Gasteiger partial charge in [0.05, 0.1) is 22.1 Å². The summed E-state index contributed by atoms with van der Waals surface area (Å²) in [6.45, 7) is 0. The monoisotopic (exact) mass is 477 g/mol. The highest BCUT2D eigenvalue weighted by atomic mass is 127. The Kier molecular flexibility index (Phi) is 4.13. The van der Waals surface area contributed by atoms with Gasteiger partial charge in [-0.25, -0.2) is 4.79 Å². The molecule has 0 aliphatic carbocycles. The van der Waals surface area contributed by atoms with Gasteiger partial charge in [0.15, 0.2) is 0 Å². The highest BCUT2D eigenvalue weighted by Gasteiger charge is 2.15. The van der Waals surface area contributed by atoms with Crippen molar-refractivity contribution in [1.82, 2.24) is 9.97 Å². The summed E-state index contributed by atoms with van der Waals surface area (Å²) in [5.74, 6) is 0. The molecular formula is C14H10BrClIN3O. The standard InChI is InChI=1S/C14H10BrClIN3O/c15-8-5-12-11(19-14(21)20-12)4-7(8)13(18)6-1-2-10(17)9(16)3-6/h1-5,13H,18H2,(H2,19,20,21). The van der Waals surface area contributed by atoms with Crippen LogP contribution in [0, 0.1) is 3.57 Å². The third-order valence-corrected chi connectivity index (χ3v) is 5.53. The van der Waals surface area contributed by atoms with E-state index < -0.39 is 0 Å². The number of aromatic nitrogens is 2. The second kappa shape index (κ2) is 5.75. The molecule has 0 bridgehead atoms. The van der Waals surface area contributed by atoms with Crippen molar-refractivity contribution in [3.8, 4) is 0 Å². The number of H-pyrrole nitrogens is 2. The van der Waals surface area contributed by atoms with Gasteiger partial charge < -0.3 is 15.7 Å². The molecule has 2 aromatic carbocycles. The van der Waals surface area contributed by atoms with Crippen molar-refractivity contribution in [2.75, 3.05) is 0 Å². The van der Waals surface area contributed by atoms with E-state index in [1.807, 2.05) is 30.3 Å². The summed E-state index contributed by atoms with van der Waals surface area (Å²) in [6.07, 6.45) is 0. The van der Waals surface area contributed by atoms with E-state index in [4.69, 9.17) is 17.3 Å². The van der Waals surface area contributed by atoms with E-state index >= 15 is 0 Å². The summed E-state index contributed by atoms with van der Waals surface area (Å²) in [7, 11) is 0. The number of nitrogens with two attached hydrogens (primary N) is 1. The van der Waals surface area contributed by atoms with Crippen LogP contribution in [0.3, 0.4) is 0 Å². The van der Waals surface area contributed by atoms with Crippen LogP contribution in [0.15, 0.2) is 39.6 Å². The molecule has 3 rings (SSSR count). The largest absolute Gasteiger partial charge is 0.323 e. The lowest BCUT2D eigenvalue weighted by molar-refractivity contribution is 0.867. The number of hydrogen-bond donors (Lipinski definition) is 3. The molecule has 21 heavy (non-hydrogen) atoms. The molecule has 3 aromatic rings. The van der Waals surface area contributed by atoms with Gasteiger partial charge in [0.1, 0.15) is 0 Å². The molecule has 0 amide bonds. The summed E-state index contributed by atoms with van der Waals surface area (Å²) in [4.78, 5) is 16.8. The van der Waals surface area contributed by atoms with Crippen LogP contribution in [0.1, 0.15) is 17.2 Å². The van der Waals surface area contributed by atoms with Crippen molar-refractivity contribution in [1.29, 1.82) is 0 Å². The molecule has 1 atom stereocenters. The Morgan fingerprint density at radius 2 is 1.86 bits per heavy atom. The maximum Gasteiger partial charge on any atom is 0.323 e. The van der Waals surface area contributed by atoms with Crippen LogP contribution >= 0.6 is 50.1 Å². The highest BCUT2D eigenvalue weighted by Crippen LogP contribution is 2.31. The minimum atomic E-state index is -0.336. The van der Waals surface area contributed by atoms with Crippen molar-refractivity contribution in [3.05, 3.63) is 65.0 Å². The molecule has 0 aliphatic rings. The van der Waals surface area contributed by atoms with E-state index in [2.05, 4.69) is 48.5 Å². The minimum Gasteiger partial charge on any atom is -0.320 e. The first-order valence-electron chi connectivity index (χ1n) is 6.07. The van der Waals surface area contributed by atoms with Gasteiger partial charge in [-0.05, 0) is 58.0 Å². The quantitative estimate of drug-likeness (QED) is 0.489. The zero-order chi connectivity index (χ0) is 15.1. The first-order chi connectivity index (χ1) is 9.95. The van der Waals surface area contributed by atoms with Crippen molar-refractivity contribution < 1.29 is 0 Å². The molecule has 0 fully saturated rings. The average Bonchev–Trinajstić information content (AvgIpc) is 2.79. The van der Waals surface area contributed by atoms with Gasteiger partial charge >= 0.3 is 5.69 Å². The molecule has 0 saturated carbocycles. The maximum absolute atomic E-state index is 11.4. The van der Waals surface area contributed by atoms with E-state index in [0.717, 1.165) is 30.2 Å². The van der Waals surface area contributed by atoms with E-state index in [0.29, 0.717) is 5.02 Å². The summed E-state index contributed by atoms with van der Waals surface area (Å²) < 4.78 is 1.82. The molecule has 0 aliphatic heterocycles. The SMILES string of the molecule is NC(c1ccc(I)c(Cl)c1)c1cc2[nH]c(=O)[nH]c2cc1Br. The molecule has 4 N–H and O–H groups in total. The smallest absolute Gasteiger partial charge is 0.320 e. The van der Waals surface area contributed by atoms with Crippen LogP contribution in [-0.4, -0.2) is 9.97 Å². The molecule has 1 unspecified atom stereocenters. The number of nitrogens with one attached hydrogen (secondary N) is 2. The van der Waals surface area contributed by atoms with Crippen LogP contribution in [0.5, 0.6) is 0 Å². The van der Waals surface area contributed by atoms with Crippen LogP contribution in [0.25, 0.3) is 11.0 Å². The summed E-state index contributed by atoms with van der Waals surface area (Å²) in [5.41, 5.74) is 9.37. The molecule has 1 heterocycles. The van der Waals surface area contributed by atoms with Crippen LogP contribution < -0.4 is 11.4 Å². The van der Waals surface area contributed by atoms with E-state index in [-0.39, 0.29) is 11.7 Å². The average molecular weight is 479 g/mol. The highest BCUT2D eigenvalue weighted by molar-refractivity contribution is 14.1. The summed E-state index contributed by atoms with van der Waals surface area (Å²) >= 11 is 11.8. The number of hydrogen-bond acceptors (Lipinski definition) is 2. The van der Waals surface area contributed by atoms with Gasteiger partial charge in [0, 0.05) is 8.04 Å². The van der Waals surface area contributed by atoms with Gasteiger partial charge in [-0.1, -0.05) is 33.6 Å². The predicted molar refractivity (Wildman–Crippen MR) is 96.8 cm³/mol. The van der Waals surface area contributed by atoms with E-state index in [1.54, 1.807) is 0 Å².